The van der Waals surface area contributed by atoms with Gasteiger partial charge in [0.2, 0.25) is 0 Å². The normalized spacial score (nSPS) is 15.4. The number of hydrogen-bond donors (Lipinski definition) is 0. The van der Waals surface area contributed by atoms with Crippen molar-refractivity contribution in [1.29, 1.82) is 0 Å². The Morgan fingerprint density at radius 3 is 2.81 bits per heavy atom. The van der Waals surface area contributed by atoms with Crippen LogP contribution >= 0.6 is 38.9 Å². The quantitative estimate of drug-likeness (QED) is 0.789. The fourth-order valence-corrected chi connectivity index (χ4v) is 2.73. The van der Waals surface area contributed by atoms with Gasteiger partial charge in [0.25, 0.3) is 0 Å². The molecule has 0 amide bonds. The Hall–Kier alpha value is -0.520. The summed E-state index contributed by atoms with van der Waals surface area (Å²) in [6.45, 7) is 0. The monoisotopic (exact) mass is 315 g/mol. The van der Waals surface area contributed by atoms with E-state index in [2.05, 4.69) is 30.9 Å². The smallest absolute Gasteiger partial charge is 0.172 e. The SMILES string of the molecule is Clc1nc(-c2cncs2)nc(C2CC2)c1Br. The van der Waals surface area contributed by atoms with Crippen molar-refractivity contribution in [2.24, 2.45) is 0 Å². The first-order valence-corrected chi connectivity index (χ1v) is 6.92. The predicted octanol–water partition coefficient (Wildman–Crippen LogP) is 3.89. The molecule has 0 bridgehead atoms. The van der Waals surface area contributed by atoms with Crippen molar-refractivity contribution in [2.45, 2.75) is 18.8 Å². The zero-order valence-corrected chi connectivity index (χ0v) is 11.3. The minimum absolute atomic E-state index is 0.486. The van der Waals surface area contributed by atoms with E-state index in [1.54, 1.807) is 11.7 Å². The third-order valence-corrected chi connectivity index (χ3v) is 4.51. The molecule has 1 saturated carbocycles. The maximum Gasteiger partial charge on any atom is 0.172 e. The summed E-state index contributed by atoms with van der Waals surface area (Å²) in [6.07, 6.45) is 4.14. The van der Waals surface area contributed by atoms with E-state index in [0.717, 1.165) is 15.0 Å². The zero-order valence-electron chi connectivity index (χ0n) is 8.15. The molecule has 3 nitrogen and oxygen atoms in total. The van der Waals surface area contributed by atoms with Gasteiger partial charge in [-0.25, -0.2) is 9.97 Å². The Labute approximate surface area is 110 Å². The highest BCUT2D eigenvalue weighted by molar-refractivity contribution is 9.10. The second-order valence-electron chi connectivity index (χ2n) is 3.68. The lowest BCUT2D eigenvalue weighted by molar-refractivity contribution is 0.981. The highest BCUT2D eigenvalue weighted by atomic mass is 79.9. The van der Waals surface area contributed by atoms with Gasteiger partial charge in [-0.2, -0.15) is 0 Å². The van der Waals surface area contributed by atoms with Gasteiger partial charge in [-0.1, -0.05) is 11.6 Å². The molecule has 0 N–H and O–H groups in total. The number of nitrogens with zero attached hydrogens (tertiary/aromatic N) is 3. The van der Waals surface area contributed by atoms with Crippen LogP contribution in [-0.4, -0.2) is 15.0 Å². The van der Waals surface area contributed by atoms with Gasteiger partial charge in [-0.05, 0) is 28.8 Å². The van der Waals surface area contributed by atoms with E-state index in [1.807, 2.05) is 0 Å². The molecule has 0 radical (unpaired) electrons. The molecule has 3 rings (SSSR count). The molecule has 1 fully saturated rings. The molecule has 82 valence electrons. The van der Waals surface area contributed by atoms with Gasteiger partial charge in [0.05, 0.1) is 20.6 Å². The second kappa shape index (κ2) is 4.05. The van der Waals surface area contributed by atoms with Crippen LogP contribution in [0.2, 0.25) is 5.15 Å². The minimum Gasteiger partial charge on any atom is -0.252 e. The highest BCUT2D eigenvalue weighted by Gasteiger charge is 2.29. The van der Waals surface area contributed by atoms with Crippen molar-refractivity contribution < 1.29 is 0 Å². The Balaban J connectivity index is 2.13. The minimum atomic E-state index is 0.486. The Kier molecular flexibility index (Phi) is 2.69. The lowest BCUT2D eigenvalue weighted by Gasteiger charge is -2.05. The molecule has 2 aromatic heterocycles. The highest BCUT2D eigenvalue weighted by Crippen LogP contribution is 2.44. The van der Waals surface area contributed by atoms with Crippen LogP contribution < -0.4 is 0 Å². The number of hydrogen-bond acceptors (Lipinski definition) is 4. The largest absolute Gasteiger partial charge is 0.252 e. The average Bonchev–Trinajstić information content (AvgIpc) is 2.96. The van der Waals surface area contributed by atoms with Gasteiger partial charge in [0, 0.05) is 12.1 Å². The molecule has 0 atom stereocenters. The van der Waals surface area contributed by atoms with Crippen LogP contribution in [0, 0.1) is 0 Å². The summed E-state index contributed by atoms with van der Waals surface area (Å²) in [5.41, 5.74) is 2.80. The Bertz CT molecular complexity index is 525. The van der Waals surface area contributed by atoms with Crippen molar-refractivity contribution in [1.82, 2.24) is 15.0 Å². The van der Waals surface area contributed by atoms with E-state index < -0.39 is 0 Å². The summed E-state index contributed by atoms with van der Waals surface area (Å²) in [4.78, 5) is 13.8. The van der Waals surface area contributed by atoms with Gasteiger partial charge in [-0.3, -0.25) is 4.98 Å². The molecule has 2 heterocycles. The summed E-state index contributed by atoms with van der Waals surface area (Å²) < 4.78 is 0.838. The summed E-state index contributed by atoms with van der Waals surface area (Å²) in [7, 11) is 0. The summed E-state index contributed by atoms with van der Waals surface area (Å²) in [5.74, 6) is 1.22. The van der Waals surface area contributed by atoms with Gasteiger partial charge in [-0.15, -0.1) is 11.3 Å². The molecule has 16 heavy (non-hydrogen) atoms. The van der Waals surface area contributed by atoms with Gasteiger partial charge >= 0.3 is 0 Å². The first-order chi connectivity index (χ1) is 7.75. The Morgan fingerprint density at radius 2 is 2.19 bits per heavy atom. The van der Waals surface area contributed by atoms with Crippen LogP contribution in [-0.2, 0) is 0 Å². The molecule has 2 aromatic rings. The molecular formula is C10H7BrClN3S. The van der Waals surface area contributed by atoms with E-state index in [1.165, 1.54) is 24.2 Å². The Morgan fingerprint density at radius 1 is 1.38 bits per heavy atom. The van der Waals surface area contributed by atoms with E-state index in [-0.39, 0.29) is 0 Å². The third kappa shape index (κ3) is 1.87. The summed E-state index contributed by atoms with van der Waals surface area (Å²) in [5, 5.41) is 0.486. The van der Waals surface area contributed by atoms with Crippen LogP contribution in [0.3, 0.4) is 0 Å². The third-order valence-electron chi connectivity index (χ3n) is 2.45. The number of thiazole rings is 1. The zero-order chi connectivity index (χ0) is 11.1. The van der Waals surface area contributed by atoms with Crippen molar-refractivity contribution >= 4 is 38.9 Å². The van der Waals surface area contributed by atoms with Crippen LogP contribution in [0.4, 0.5) is 0 Å². The summed E-state index contributed by atoms with van der Waals surface area (Å²) >= 11 is 11.1. The molecule has 1 aliphatic rings. The van der Waals surface area contributed by atoms with E-state index in [4.69, 9.17) is 11.6 Å². The van der Waals surface area contributed by atoms with E-state index in [9.17, 15) is 0 Å². The topological polar surface area (TPSA) is 38.7 Å². The molecule has 1 aliphatic carbocycles. The number of aromatic nitrogens is 3. The molecule has 0 aliphatic heterocycles. The maximum atomic E-state index is 6.09. The van der Waals surface area contributed by atoms with Crippen molar-refractivity contribution in [3.8, 4) is 10.7 Å². The van der Waals surface area contributed by atoms with E-state index >= 15 is 0 Å². The lowest BCUT2D eigenvalue weighted by Crippen LogP contribution is -1.96. The van der Waals surface area contributed by atoms with Gasteiger partial charge in [0.15, 0.2) is 5.82 Å². The molecule has 0 saturated heterocycles. The fourth-order valence-electron chi connectivity index (χ4n) is 1.50. The lowest BCUT2D eigenvalue weighted by atomic mass is 10.3. The van der Waals surface area contributed by atoms with Crippen LogP contribution in [0.1, 0.15) is 24.5 Å². The van der Waals surface area contributed by atoms with Gasteiger partial charge in [0.1, 0.15) is 5.15 Å². The molecule has 0 spiro atoms. The number of halogens is 2. The van der Waals surface area contributed by atoms with Crippen LogP contribution in [0.5, 0.6) is 0 Å². The van der Waals surface area contributed by atoms with Crippen LogP contribution in [0.25, 0.3) is 10.7 Å². The molecule has 0 aromatic carbocycles. The first kappa shape index (κ1) is 10.6. The number of rotatable bonds is 2. The summed E-state index contributed by atoms with van der Waals surface area (Å²) in [6, 6.07) is 0. The fraction of sp³-hybridized carbons (Fsp3) is 0.300. The standard InChI is InChI=1S/C10H7BrClN3S/c11-7-8(5-1-2-5)14-10(15-9(7)12)6-3-13-4-16-6/h3-5H,1-2H2. The molecule has 6 heteroatoms. The van der Waals surface area contributed by atoms with Crippen molar-refractivity contribution in [3.05, 3.63) is 27.0 Å². The first-order valence-electron chi connectivity index (χ1n) is 4.87. The van der Waals surface area contributed by atoms with Crippen molar-refractivity contribution in [3.63, 3.8) is 0 Å². The predicted molar refractivity (Wildman–Crippen MR) is 67.8 cm³/mol. The van der Waals surface area contributed by atoms with Gasteiger partial charge < -0.3 is 0 Å². The van der Waals surface area contributed by atoms with E-state index in [0.29, 0.717) is 16.9 Å². The average molecular weight is 317 g/mol. The molecule has 0 unspecified atom stereocenters. The van der Waals surface area contributed by atoms with Crippen LogP contribution in [0.15, 0.2) is 16.2 Å². The van der Waals surface area contributed by atoms with Crippen molar-refractivity contribution in [2.75, 3.05) is 0 Å². The second-order valence-corrected chi connectivity index (χ2v) is 5.71. The maximum absolute atomic E-state index is 6.09. The molecular weight excluding hydrogens is 310 g/mol.